The Hall–Kier alpha value is -4.28. The Morgan fingerprint density at radius 3 is 2.76 bits per heavy atom. The van der Waals surface area contributed by atoms with Crippen LogP contribution in [0.5, 0.6) is 0 Å². The number of imidazole rings is 1. The van der Waals surface area contributed by atoms with E-state index in [-0.39, 0.29) is 42.3 Å². The summed E-state index contributed by atoms with van der Waals surface area (Å²) in [6.45, 7) is 4.45. The van der Waals surface area contributed by atoms with Crippen LogP contribution in [-0.4, -0.2) is 81.1 Å². The van der Waals surface area contributed by atoms with Crippen molar-refractivity contribution in [1.82, 2.24) is 29.8 Å². The lowest BCUT2D eigenvalue weighted by Crippen LogP contribution is -2.54. The number of aryl methyl sites for hydroxylation is 1. The summed E-state index contributed by atoms with van der Waals surface area (Å²) in [5.41, 5.74) is 1.79. The predicted octanol–water partition coefficient (Wildman–Crippen LogP) is 2.42. The first kappa shape index (κ1) is 28.3. The summed E-state index contributed by atoms with van der Waals surface area (Å²) < 4.78 is 16.5. The van der Waals surface area contributed by atoms with E-state index in [9.17, 15) is 23.6 Å². The average Bonchev–Trinajstić information content (AvgIpc) is 3.63. The Morgan fingerprint density at radius 1 is 1.12 bits per heavy atom. The number of fused-ring (bicyclic) bond motifs is 4. The van der Waals surface area contributed by atoms with E-state index in [1.54, 1.807) is 47.3 Å². The van der Waals surface area contributed by atoms with Gasteiger partial charge in [-0.05, 0) is 61.4 Å². The monoisotopic (exact) mass is 562 g/mol. The van der Waals surface area contributed by atoms with E-state index in [1.165, 1.54) is 15.9 Å². The van der Waals surface area contributed by atoms with Crippen LogP contribution in [-0.2, 0) is 16.0 Å². The third-order valence-electron chi connectivity index (χ3n) is 7.85. The van der Waals surface area contributed by atoms with E-state index in [2.05, 4.69) is 15.6 Å². The predicted molar refractivity (Wildman–Crippen MR) is 150 cm³/mol. The maximum atomic E-state index is 14.8. The molecule has 2 bridgehead atoms. The summed E-state index contributed by atoms with van der Waals surface area (Å²) in [6, 6.07) is 6.60. The summed E-state index contributed by atoms with van der Waals surface area (Å²) >= 11 is 0. The first-order valence-electron chi connectivity index (χ1n) is 14.1. The molecule has 1 saturated heterocycles. The van der Waals surface area contributed by atoms with Crippen LogP contribution in [0.3, 0.4) is 0 Å². The molecule has 41 heavy (non-hydrogen) atoms. The van der Waals surface area contributed by atoms with Gasteiger partial charge in [0, 0.05) is 44.3 Å². The van der Waals surface area contributed by atoms with Crippen molar-refractivity contribution in [3.8, 4) is 0 Å². The van der Waals surface area contributed by atoms with Gasteiger partial charge in [-0.2, -0.15) is 0 Å². The lowest BCUT2D eigenvalue weighted by Gasteiger charge is -2.32. The second-order valence-corrected chi connectivity index (χ2v) is 11.1. The molecule has 0 spiro atoms. The Kier molecular flexibility index (Phi) is 8.32. The number of pyridine rings is 1. The van der Waals surface area contributed by atoms with Crippen LogP contribution in [0.25, 0.3) is 5.65 Å². The molecule has 3 aromatic rings. The number of rotatable bonds is 2. The van der Waals surface area contributed by atoms with Gasteiger partial charge in [-0.25, -0.2) is 9.37 Å². The molecule has 216 valence electrons. The number of hydrogen-bond acceptors (Lipinski definition) is 5. The first-order valence-corrected chi connectivity index (χ1v) is 14.1. The van der Waals surface area contributed by atoms with Crippen molar-refractivity contribution >= 4 is 29.3 Å². The highest BCUT2D eigenvalue weighted by atomic mass is 19.1. The molecule has 0 radical (unpaired) electrons. The maximum Gasteiger partial charge on any atom is 0.257 e. The minimum Gasteiger partial charge on any atom is -0.355 e. The molecule has 2 aliphatic heterocycles. The van der Waals surface area contributed by atoms with Crippen LogP contribution in [0, 0.1) is 11.7 Å². The van der Waals surface area contributed by atoms with Gasteiger partial charge in [-0.3, -0.25) is 19.2 Å². The third-order valence-corrected chi connectivity index (χ3v) is 7.85. The Labute approximate surface area is 237 Å². The van der Waals surface area contributed by atoms with Crippen molar-refractivity contribution in [2.24, 2.45) is 5.92 Å². The highest BCUT2D eigenvalue weighted by Crippen LogP contribution is 2.23. The zero-order valence-electron chi connectivity index (χ0n) is 23.3. The molecule has 0 saturated carbocycles. The van der Waals surface area contributed by atoms with E-state index in [0.29, 0.717) is 50.0 Å². The van der Waals surface area contributed by atoms with Gasteiger partial charge in [0.15, 0.2) is 0 Å². The number of carbonyl (C=O) groups is 4. The second kappa shape index (κ2) is 12.1. The lowest BCUT2D eigenvalue weighted by atomic mass is 10.0. The van der Waals surface area contributed by atoms with E-state index < -0.39 is 23.8 Å². The molecule has 2 aromatic heterocycles. The van der Waals surface area contributed by atoms with Crippen LogP contribution < -0.4 is 10.6 Å². The summed E-state index contributed by atoms with van der Waals surface area (Å²) in [4.78, 5) is 60.8. The average molecular weight is 563 g/mol. The number of benzene rings is 1. The number of nitrogens with one attached hydrogen (secondary N) is 2. The topological polar surface area (TPSA) is 116 Å². The second-order valence-electron chi connectivity index (χ2n) is 11.1. The molecule has 10 nitrogen and oxygen atoms in total. The quantitative estimate of drug-likeness (QED) is 0.498. The molecule has 0 unspecified atom stereocenters. The van der Waals surface area contributed by atoms with E-state index in [0.717, 1.165) is 5.56 Å². The standard InChI is InChI=1S/C30H35FN6O4/c1-19(2)24-17-36(29(40)21-8-10-26-32-12-14-35(26)16-21)18-27(38)33-11-3-5-20-7-9-23(31)22(15-20)30(41)37-13-4-6-25(37)28(39)34-24/h7-10,12,14-16,19,24-25H,3-6,11,13,17-18H2,1-2H3,(H,33,38)(H,34,39)/t24-,25-/m0/s1. The lowest BCUT2D eigenvalue weighted by molar-refractivity contribution is -0.126. The normalized spacial score (nSPS) is 21.0. The van der Waals surface area contributed by atoms with Gasteiger partial charge < -0.3 is 24.8 Å². The number of nitrogens with zero attached hydrogens (tertiary/aromatic N) is 4. The largest absolute Gasteiger partial charge is 0.355 e. The van der Waals surface area contributed by atoms with E-state index in [4.69, 9.17) is 0 Å². The molecule has 11 heteroatoms. The van der Waals surface area contributed by atoms with Gasteiger partial charge in [0.05, 0.1) is 17.7 Å². The minimum atomic E-state index is -0.751. The fourth-order valence-electron chi connectivity index (χ4n) is 5.47. The molecule has 4 heterocycles. The summed E-state index contributed by atoms with van der Waals surface area (Å²) in [5, 5.41) is 5.90. The maximum absolute atomic E-state index is 14.8. The molecule has 1 fully saturated rings. The Morgan fingerprint density at radius 2 is 1.95 bits per heavy atom. The minimum absolute atomic E-state index is 0.0532. The molecule has 2 aliphatic rings. The van der Waals surface area contributed by atoms with E-state index in [1.807, 2.05) is 13.8 Å². The smallest absolute Gasteiger partial charge is 0.257 e. The van der Waals surface area contributed by atoms with Crippen molar-refractivity contribution < 1.29 is 23.6 Å². The zero-order chi connectivity index (χ0) is 29.1. The first-order chi connectivity index (χ1) is 19.7. The fraction of sp³-hybridized carbons (Fsp3) is 0.433. The summed E-state index contributed by atoms with van der Waals surface area (Å²) in [5.74, 6) is -2.25. The number of halogens is 1. The van der Waals surface area contributed by atoms with Gasteiger partial charge in [-0.15, -0.1) is 0 Å². The van der Waals surface area contributed by atoms with Crippen molar-refractivity contribution in [2.75, 3.05) is 26.2 Å². The van der Waals surface area contributed by atoms with Crippen molar-refractivity contribution in [3.05, 3.63) is 71.4 Å². The molecule has 1 aromatic carbocycles. The van der Waals surface area contributed by atoms with Crippen molar-refractivity contribution in [3.63, 3.8) is 0 Å². The molecule has 4 amide bonds. The van der Waals surface area contributed by atoms with Crippen LogP contribution in [0.15, 0.2) is 48.9 Å². The van der Waals surface area contributed by atoms with Crippen LogP contribution in [0.2, 0.25) is 0 Å². The Bertz CT molecular complexity index is 1470. The van der Waals surface area contributed by atoms with Gasteiger partial charge >= 0.3 is 0 Å². The molecule has 2 N–H and O–H groups in total. The SMILES string of the molecule is CC(C)[C@@H]1CN(C(=O)c2ccc3nccn3c2)CC(=O)NCCCc2ccc(F)c(c2)C(=O)N2CCC[C@H]2C(=O)N1. The Balaban J connectivity index is 1.45. The van der Waals surface area contributed by atoms with Crippen LogP contribution in [0.1, 0.15) is 59.4 Å². The van der Waals surface area contributed by atoms with Crippen molar-refractivity contribution in [1.29, 1.82) is 0 Å². The number of carbonyl (C=O) groups excluding carboxylic acids is 4. The number of hydrogen-bond donors (Lipinski definition) is 2. The van der Waals surface area contributed by atoms with E-state index >= 15 is 0 Å². The molecular formula is C30H35FN6O4. The summed E-state index contributed by atoms with van der Waals surface area (Å²) in [6.07, 6.45) is 7.22. The zero-order valence-corrected chi connectivity index (χ0v) is 23.3. The number of aromatic nitrogens is 2. The van der Waals surface area contributed by atoms with Gasteiger partial charge in [0.25, 0.3) is 11.8 Å². The highest BCUT2D eigenvalue weighted by molar-refractivity contribution is 5.99. The third kappa shape index (κ3) is 6.23. The fourth-order valence-corrected chi connectivity index (χ4v) is 5.47. The number of amides is 4. The van der Waals surface area contributed by atoms with Crippen molar-refractivity contribution in [2.45, 2.75) is 51.6 Å². The highest BCUT2D eigenvalue weighted by Gasteiger charge is 2.37. The molecule has 2 atom stereocenters. The van der Waals surface area contributed by atoms with Crippen LogP contribution in [0.4, 0.5) is 4.39 Å². The molecular weight excluding hydrogens is 527 g/mol. The van der Waals surface area contributed by atoms with Gasteiger partial charge in [0.2, 0.25) is 11.8 Å². The van der Waals surface area contributed by atoms with Crippen LogP contribution >= 0.6 is 0 Å². The van der Waals surface area contributed by atoms with Gasteiger partial charge in [-0.1, -0.05) is 19.9 Å². The van der Waals surface area contributed by atoms with Gasteiger partial charge in [0.1, 0.15) is 17.5 Å². The summed E-state index contributed by atoms with van der Waals surface area (Å²) in [7, 11) is 0. The molecule has 0 aliphatic carbocycles. The molecule has 5 rings (SSSR count).